The molecule has 18 heavy (non-hydrogen) atoms. The lowest BCUT2D eigenvalue weighted by Gasteiger charge is -2.13. The Hall–Kier alpha value is -1.74. The Morgan fingerprint density at radius 2 is 1.72 bits per heavy atom. The van der Waals surface area contributed by atoms with Gasteiger partial charge in [-0.15, -0.1) is 0 Å². The predicted molar refractivity (Wildman–Crippen MR) is 68.0 cm³/mol. The van der Waals surface area contributed by atoms with Gasteiger partial charge in [0.15, 0.2) is 0 Å². The van der Waals surface area contributed by atoms with Crippen LogP contribution >= 0.6 is 0 Å². The largest absolute Gasteiger partial charge is 0.324 e. The van der Waals surface area contributed by atoms with Gasteiger partial charge in [0, 0.05) is 17.7 Å². The predicted octanol–water partition coefficient (Wildman–Crippen LogP) is 3.60. The van der Waals surface area contributed by atoms with Gasteiger partial charge in [0.1, 0.15) is 11.6 Å². The molecule has 2 rings (SSSR count). The number of hydrogen-bond donors (Lipinski definition) is 1. The van der Waals surface area contributed by atoms with Crippen molar-refractivity contribution in [3.8, 4) is 0 Å². The van der Waals surface area contributed by atoms with E-state index in [1.165, 1.54) is 12.1 Å². The van der Waals surface area contributed by atoms with E-state index in [0.29, 0.717) is 12.0 Å². The topological polar surface area (TPSA) is 26.0 Å². The molecule has 94 valence electrons. The zero-order valence-electron chi connectivity index (χ0n) is 9.94. The standard InChI is InChI=1S/C15H15F2N/c16-12-7-8-13(14(17)10-12)15(18)9-6-11-4-2-1-3-5-11/h1-5,7-8,10,15H,6,9,18H2. The third kappa shape index (κ3) is 3.14. The molecule has 0 aliphatic heterocycles. The highest BCUT2D eigenvalue weighted by Gasteiger charge is 2.12. The van der Waals surface area contributed by atoms with Crippen molar-refractivity contribution in [3.05, 3.63) is 71.3 Å². The maximum absolute atomic E-state index is 13.5. The van der Waals surface area contributed by atoms with Crippen LogP contribution in [0.2, 0.25) is 0 Å². The Labute approximate surface area is 105 Å². The second-order valence-electron chi connectivity index (χ2n) is 4.30. The van der Waals surface area contributed by atoms with Gasteiger partial charge in [-0.2, -0.15) is 0 Å². The molecule has 2 aromatic rings. The van der Waals surface area contributed by atoms with Crippen molar-refractivity contribution in [2.24, 2.45) is 5.73 Å². The minimum Gasteiger partial charge on any atom is -0.324 e. The summed E-state index contributed by atoms with van der Waals surface area (Å²) in [5.41, 5.74) is 7.46. The number of halogens is 2. The maximum atomic E-state index is 13.5. The fraction of sp³-hybridized carbons (Fsp3) is 0.200. The molecule has 0 heterocycles. The Balaban J connectivity index is 2.01. The highest BCUT2D eigenvalue weighted by atomic mass is 19.1. The molecule has 3 heteroatoms. The summed E-state index contributed by atoms with van der Waals surface area (Å²) in [5, 5.41) is 0. The molecule has 0 aliphatic rings. The highest BCUT2D eigenvalue weighted by molar-refractivity contribution is 5.22. The molecular weight excluding hydrogens is 232 g/mol. The van der Waals surface area contributed by atoms with Crippen molar-refractivity contribution in [1.29, 1.82) is 0 Å². The smallest absolute Gasteiger partial charge is 0.130 e. The van der Waals surface area contributed by atoms with E-state index in [0.717, 1.165) is 18.1 Å². The summed E-state index contributed by atoms with van der Waals surface area (Å²) >= 11 is 0. The van der Waals surface area contributed by atoms with Crippen molar-refractivity contribution in [1.82, 2.24) is 0 Å². The zero-order chi connectivity index (χ0) is 13.0. The minimum atomic E-state index is -0.577. The van der Waals surface area contributed by atoms with Crippen LogP contribution in [0.4, 0.5) is 8.78 Å². The van der Waals surface area contributed by atoms with Crippen LogP contribution in [0.5, 0.6) is 0 Å². The van der Waals surface area contributed by atoms with Crippen LogP contribution in [0.25, 0.3) is 0 Å². The quantitative estimate of drug-likeness (QED) is 0.877. The molecule has 0 saturated heterocycles. The molecular formula is C15H15F2N. The molecule has 0 amide bonds. The third-order valence-corrected chi connectivity index (χ3v) is 2.95. The van der Waals surface area contributed by atoms with E-state index in [9.17, 15) is 8.78 Å². The first-order chi connectivity index (χ1) is 8.66. The van der Waals surface area contributed by atoms with E-state index < -0.39 is 17.7 Å². The van der Waals surface area contributed by atoms with Gasteiger partial charge in [0.2, 0.25) is 0 Å². The number of hydrogen-bond acceptors (Lipinski definition) is 1. The molecule has 1 atom stereocenters. The van der Waals surface area contributed by atoms with Gasteiger partial charge in [-0.25, -0.2) is 8.78 Å². The molecule has 0 spiro atoms. The number of nitrogens with two attached hydrogens (primary N) is 1. The Morgan fingerprint density at radius 1 is 1.00 bits per heavy atom. The minimum absolute atomic E-state index is 0.368. The molecule has 2 N–H and O–H groups in total. The molecule has 0 bridgehead atoms. The molecule has 0 fully saturated rings. The molecule has 1 nitrogen and oxygen atoms in total. The van der Waals surface area contributed by atoms with Gasteiger partial charge in [-0.1, -0.05) is 36.4 Å². The zero-order valence-corrected chi connectivity index (χ0v) is 9.94. The van der Waals surface area contributed by atoms with E-state index in [2.05, 4.69) is 0 Å². The Morgan fingerprint density at radius 3 is 2.39 bits per heavy atom. The monoisotopic (exact) mass is 247 g/mol. The van der Waals surface area contributed by atoms with Crippen LogP contribution in [0.15, 0.2) is 48.5 Å². The average molecular weight is 247 g/mol. The average Bonchev–Trinajstić information content (AvgIpc) is 2.37. The first-order valence-electron chi connectivity index (χ1n) is 5.91. The first kappa shape index (κ1) is 12.7. The Kier molecular flexibility index (Phi) is 4.05. The van der Waals surface area contributed by atoms with Crippen molar-refractivity contribution in [2.45, 2.75) is 18.9 Å². The van der Waals surface area contributed by atoms with Crippen molar-refractivity contribution in [2.75, 3.05) is 0 Å². The summed E-state index contributed by atoms with van der Waals surface area (Å²) in [6.45, 7) is 0. The summed E-state index contributed by atoms with van der Waals surface area (Å²) in [7, 11) is 0. The summed E-state index contributed by atoms with van der Waals surface area (Å²) in [6.07, 6.45) is 1.41. The van der Waals surface area contributed by atoms with Gasteiger partial charge in [-0.05, 0) is 24.5 Å². The van der Waals surface area contributed by atoms with E-state index in [1.54, 1.807) is 0 Å². The van der Waals surface area contributed by atoms with Crippen molar-refractivity contribution < 1.29 is 8.78 Å². The van der Waals surface area contributed by atoms with Crippen LogP contribution < -0.4 is 5.73 Å². The molecule has 0 saturated carbocycles. The fourth-order valence-corrected chi connectivity index (χ4v) is 1.92. The summed E-state index contributed by atoms with van der Waals surface area (Å²) in [4.78, 5) is 0. The van der Waals surface area contributed by atoms with Crippen molar-refractivity contribution >= 4 is 0 Å². The second kappa shape index (κ2) is 5.74. The lowest BCUT2D eigenvalue weighted by molar-refractivity contribution is 0.543. The number of benzene rings is 2. The van der Waals surface area contributed by atoms with Crippen LogP contribution in [0.1, 0.15) is 23.6 Å². The number of aryl methyl sites for hydroxylation is 1. The van der Waals surface area contributed by atoms with Crippen LogP contribution in [-0.4, -0.2) is 0 Å². The fourth-order valence-electron chi connectivity index (χ4n) is 1.92. The Bertz CT molecular complexity index is 511. The van der Waals surface area contributed by atoms with E-state index in [4.69, 9.17) is 5.73 Å². The molecule has 2 aromatic carbocycles. The molecule has 1 unspecified atom stereocenters. The van der Waals surface area contributed by atoms with E-state index in [-0.39, 0.29) is 0 Å². The maximum Gasteiger partial charge on any atom is 0.130 e. The third-order valence-electron chi connectivity index (χ3n) is 2.95. The number of rotatable bonds is 4. The summed E-state index contributed by atoms with van der Waals surface area (Å²) in [5.74, 6) is -1.15. The van der Waals surface area contributed by atoms with Gasteiger partial charge >= 0.3 is 0 Å². The van der Waals surface area contributed by atoms with Crippen LogP contribution in [0, 0.1) is 11.6 Å². The molecule has 0 aliphatic carbocycles. The lowest BCUT2D eigenvalue weighted by atomic mass is 9.99. The van der Waals surface area contributed by atoms with Gasteiger partial charge < -0.3 is 5.73 Å². The van der Waals surface area contributed by atoms with Crippen molar-refractivity contribution in [3.63, 3.8) is 0 Å². The summed E-state index contributed by atoms with van der Waals surface area (Å²) < 4.78 is 26.3. The van der Waals surface area contributed by atoms with Gasteiger partial charge in [0.25, 0.3) is 0 Å². The van der Waals surface area contributed by atoms with Gasteiger partial charge in [0.05, 0.1) is 0 Å². The highest BCUT2D eigenvalue weighted by Crippen LogP contribution is 2.20. The van der Waals surface area contributed by atoms with Gasteiger partial charge in [-0.3, -0.25) is 0 Å². The van der Waals surface area contributed by atoms with Crippen LogP contribution in [0.3, 0.4) is 0 Å². The van der Waals surface area contributed by atoms with E-state index >= 15 is 0 Å². The molecule has 0 radical (unpaired) electrons. The normalized spacial score (nSPS) is 12.4. The van der Waals surface area contributed by atoms with E-state index in [1.807, 2.05) is 30.3 Å². The SMILES string of the molecule is NC(CCc1ccccc1)c1ccc(F)cc1F. The second-order valence-corrected chi connectivity index (χ2v) is 4.30. The van der Waals surface area contributed by atoms with Crippen LogP contribution in [-0.2, 0) is 6.42 Å². The molecule has 0 aromatic heterocycles. The summed E-state index contributed by atoms with van der Waals surface area (Å²) in [6, 6.07) is 13.0. The first-order valence-corrected chi connectivity index (χ1v) is 5.91. The lowest BCUT2D eigenvalue weighted by Crippen LogP contribution is -2.13.